The van der Waals surface area contributed by atoms with Gasteiger partial charge in [-0.2, -0.15) is 4.98 Å². The van der Waals surface area contributed by atoms with E-state index in [2.05, 4.69) is 4.98 Å². The highest BCUT2D eigenvalue weighted by Crippen LogP contribution is 2.21. The van der Waals surface area contributed by atoms with Gasteiger partial charge in [-0.05, 0) is 24.3 Å². The van der Waals surface area contributed by atoms with Crippen LogP contribution >= 0.6 is 11.3 Å². The first-order valence-corrected chi connectivity index (χ1v) is 5.50. The second kappa shape index (κ2) is 4.75. The quantitative estimate of drug-likeness (QED) is 0.900. The monoisotopic (exact) mass is 249 g/mol. The van der Waals surface area contributed by atoms with Gasteiger partial charge in [0.05, 0.1) is 5.56 Å². The van der Waals surface area contributed by atoms with Crippen molar-refractivity contribution in [3.8, 4) is 10.9 Å². The van der Waals surface area contributed by atoms with Crippen molar-refractivity contribution < 1.29 is 14.6 Å². The highest BCUT2D eigenvalue weighted by molar-refractivity contribution is 7.11. The summed E-state index contributed by atoms with van der Waals surface area (Å²) in [5, 5.41) is 10.5. The largest absolute Gasteiger partial charge is 0.478 e. The standard InChI is InChI=1S/C11H7NO4S/c13-9-5-6-17-11(12-9)16-8-3-1-7(2-4-8)10(14)15/h1-6H,(H,14,15). The Bertz CT molecular complexity index is 591. The summed E-state index contributed by atoms with van der Waals surface area (Å²) < 4.78 is 5.31. The molecule has 0 saturated heterocycles. The maximum atomic E-state index is 11.0. The smallest absolute Gasteiger partial charge is 0.335 e. The van der Waals surface area contributed by atoms with Crippen LogP contribution in [0.1, 0.15) is 10.4 Å². The Morgan fingerprint density at radius 2 is 1.94 bits per heavy atom. The first-order valence-electron chi connectivity index (χ1n) is 4.62. The Balaban J connectivity index is 2.19. The average Bonchev–Trinajstić information content (AvgIpc) is 2.29. The molecule has 0 aliphatic carbocycles. The molecule has 2 aromatic rings. The molecule has 86 valence electrons. The number of nitrogens with zero attached hydrogens (tertiary/aromatic N) is 1. The maximum absolute atomic E-state index is 11.0. The first kappa shape index (κ1) is 11.3. The van der Waals surface area contributed by atoms with Crippen LogP contribution in [0.2, 0.25) is 0 Å². The molecule has 0 fully saturated rings. The molecule has 0 unspecified atom stereocenters. The Kier molecular flexibility index (Phi) is 3.15. The van der Waals surface area contributed by atoms with Crippen LogP contribution < -0.4 is 10.3 Å². The Hall–Kier alpha value is -2.21. The van der Waals surface area contributed by atoms with Gasteiger partial charge in [-0.25, -0.2) is 4.79 Å². The zero-order valence-corrected chi connectivity index (χ0v) is 9.31. The lowest BCUT2D eigenvalue weighted by Crippen LogP contribution is -2.02. The zero-order chi connectivity index (χ0) is 12.3. The number of hydrogen-bond acceptors (Lipinski definition) is 5. The Morgan fingerprint density at radius 1 is 1.24 bits per heavy atom. The third-order valence-corrected chi connectivity index (χ3v) is 2.54. The number of carboxylic acid groups (broad SMARTS) is 1. The second-order valence-corrected chi connectivity index (χ2v) is 3.93. The van der Waals surface area contributed by atoms with Crippen molar-refractivity contribution in [3.63, 3.8) is 0 Å². The molecule has 0 aliphatic rings. The van der Waals surface area contributed by atoms with Crippen molar-refractivity contribution >= 4 is 17.3 Å². The summed E-state index contributed by atoms with van der Waals surface area (Å²) in [6.45, 7) is 0. The van der Waals surface area contributed by atoms with E-state index in [1.54, 1.807) is 5.38 Å². The van der Waals surface area contributed by atoms with Gasteiger partial charge in [0, 0.05) is 11.4 Å². The lowest BCUT2D eigenvalue weighted by molar-refractivity contribution is 0.0697. The molecule has 0 bridgehead atoms. The van der Waals surface area contributed by atoms with Gasteiger partial charge < -0.3 is 9.84 Å². The van der Waals surface area contributed by atoms with Gasteiger partial charge in [0.1, 0.15) is 5.75 Å². The Labute approximate surface area is 100.0 Å². The molecule has 0 aliphatic heterocycles. The summed E-state index contributed by atoms with van der Waals surface area (Å²) in [6, 6.07) is 7.20. The molecule has 0 amide bonds. The fourth-order valence-corrected chi connectivity index (χ4v) is 1.71. The molecule has 17 heavy (non-hydrogen) atoms. The fourth-order valence-electron chi connectivity index (χ4n) is 1.12. The first-order chi connectivity index (χ1) is 8.15. The van der Waals surface area contributed by atoms with Crippen LogP contribution in [0.15, 0.2) is 40.5 Å². The minimum atomic E-state index is -1.00. The van der Waals surface area contributed by atoms with E-state index in [1.165, 1.54) is 41.7 Å². The normalized spacial score (nSPS) is 9.88. The number of hydrogen-bond donors (Lipinski definition) is 1. The van der Waals surface area contributed by atoms with Gasteiger partial charge in [0.2, 0.25) is 0 Å². The van der Waals surface area contributed by atoms with Gasteiger partial charge in [0.25, 0.3) is 10.8 Å². The number of carbonyl (C=O) groups is 1. The van der Waals surface area contributed by atoms with Crippen LogP contribution in [0, 0.1) is 0 Å². The average molecular weight is 249 g/mol. The third-order valence-electron chi connectivity index (χ3n) is 1.89. The lowest BCUT2D eigenvalue weighted by atomic mass is 10.2. The molecule has 6 heteroatoms. The molecule has 5 nitrogen and oxygen atoms in total. The van der Waals surface area contributed by atoms with Gasteiger partial charge in [-0.15, -0.1) is 0 Å². The third kappa shape index (κ3) is 2.88. The molecule has 0 radical (unpaired) electrons. The van der Waals surface area contributed by atoms with E-state index in [1.807, 2.05) is 0 Å². The van der Waals surface area contributed by atoms with Crippen LogP contribution in [-0.4, -0.2) is 16.1 Å². The lowest BCUT2D eigenvalue weighted by Gasteiger charge is -2.02. The van der Waals surface area contributed by atoms with E-state index in [0.717, 1.165) is 0 Å². The SMILES string of the molecule is O=C(O)c1ccc(Oc2nc(=O)ccs2)cc1. The Morgan fingerprint density at radius 3 is 2.53 bits per heavy atom. The maximum Gasteiger partial charge on any atom is 0.335 e. The number of rotatable bonds is 3. The van der Waals surface area contributed by atoms with E-state index in [4.69, 9.17) is 9.84 Å². The number of carboxylic acids is 1. The predicted octanol–water partition coefficient (Wildman–Crippen LogP) is 1.99. The molecule has 1 aromatic heterocycles. The molecule has 0 saturated carbocycles. The van der Waals surface area contributed by atoms with Crippen molar-refractivity contribution in [2.24, 2.45) is 0 Å². The van der Waals surface area contributed by atoms with Gasteiger partial charge in [0.15, 0.2) is 0 Å². The number of ether oxygens (including phenoxy) is 1. The van der Waals surface area contributed by atoms with Crippen molar-refractivity contribution in [2.45, 2.75) is 0 Å². The summed E-state index contributed by atoms with van der Waals surface area (Å²) in [5.41, 5.74) is -0.201. The molecule has 0 spiro atoms. The van der Waals surface area contributed by atoms with Crippen LogP contribution in [0.3, 0.4) is 0 Å². The molecule has 0 atom stereocenters. The molecular formula is C11H7NO4S. The molecule has 2 rings (SSSR count). The van der Waals surface area contributed by atoms with Gasteiger partial charge in [-0.3, -0.25) is 4.79 Å². The summed E-state index contributed by atoms with van der Waals surface area (Å²) in [5.74, 6) is -0.566. The highest BCUT2D eigenvalue weighted by atomic mass is 32.1. The van der Waals surface area contributed by atoms with E-state index in [-0.39, 0.29) is 16.3 Å². The summed E-state index contributed by atoms with van der Waals surface area (Å²) in [6.07, 6.45) is 0. The summed E-state index contributed by atoms with van der Waals surface area (Å²) in [4.78, 5) is 25.2. The van der Waals surface area contributed by atoms with Crippen molar-refractivity contribution in [1.82, 2.24) is 4.98 Å². The second-order valence-electron chi connectivity index (χ2n) is 3.07. The van der Waals surface area contributed by atoms with Crippen LogP contribution in [0.25, 0.3) is 0 Å². The van der Waals surface area contributed by atoms with Crippen molar-refractivity contribution in [2.75, 3.05) is 0 Å². The molecular weight excluding hydrogens is 242 g/mol. The van der Waals surface area contributed by atoms with E-state index in [0.29, 0.717) is 5.75 Å². The van der Waals surface area contributed by atoms with Crippen LogP contribution in [-0.2, 0) is 0 Å². The number of aromatic carboxylic acids is 1. The van der Waals surface area contributed by atoms with Crippen molar-refractivity contribution in [3.05, 3.63) is 51.6 Å². The van der Waals surface area contributed by atoms with E-state index in [9.17, 15) is 9.59 Å². The van der Waals surface area contributed by atoms with Gasteiger partial charge >= 0.3 is 5.97 Å². The van der Waals surface area contributed by atoms with E-state index < -0.39 is 5.97 Å². The molecule has 1 heterocycles. The number of aromatic nitrogens is 1. The van der Waals surface area contributed by atoms with Crippen LogP contribution in [0.4, 0.5) is 0 Å². The topological polar surface area (TPSA) is 76.5 Å². The van der Waals surface area contributed by atoms with Crippen LogP contribution in [0.5, 0.6) is 10.9 Å². The predicted molar refractivity (Wildman–Crippen MR) is 61.9 cm³/mol. The highest BCUT2D eigenvalue weighted by Gasteiger charge is 2.04. The summed E-state index contributed by atoms with van der Waals surface area (Å²) >= 11 is 1.18. The summed E-state index contributed by atoms with van der Waals surface area (Å²) in [7, 11) is 0. The zero-order valence-electron chi connectivity index (χ0n) is 8.49. The fraction of sp³-hybridized carbons (Fsp3) is 0. The van der Waals surface area contributed by atoms with Gasteiger partial charge in [-0.1, -0.05) is 11.3 Å². The molecule has 1 N–H and O–H groups in total. The minimum Gasteiger partial charge on any atom is -0.478 e. The minimum absolute atomic E-state index is 0.173. The van der Waals surface area contributed by atoms with E-state index >= 15 is 0 Å². The molecule has 1 aromatic carbocycles. The number of benzene rings is 1. The van der Waals surface area contributed by atoms with Crippen molar-refractivity contribution in [1.29, 1.82) is 0 Å².